The van der Waals surface area contributed by atoms with Gasteiger partial charge in [-0.15, -0.1) is 10.2 Å². The van der Waals surface area contributed by atoms with Crippen LogP contribution in [0.15, 0.2) is 60.7 Å². The third-order valence-corrected chi connectivity index (χ3v) is 7.72. The largest absolute Gasteiger partial charge is 0.326 e. The van der Waals surface area contributed by atoms with Crippen LogP contribution in [0.2, 0.25) is 0 Å². The molecule has 0 aliphatic heterocycles. The van der Waals surface area contributed by atoms with Crippen molar-refractivity contribution in [1.82, 2.24) is 30.2 Å². The molecule has 0 bridgehead atoms. The van der Waals surface area contributed by atoms with Crippen molar-refractivity contribution in [2.45, 2.75) is 47.1 Å². The first-order chi connectivity index (χ1) is 19.4. The van der Waals surface area contributed by atoms with Crippen molar-refractivity contribution in [2.75, 3.05) is 11.1 Å². The molecule has 2 aromatic heterocycles. The average Bonchev–Trinajstić information content (AvgIpc) is 3.59. The lowest BCUT2D eigenvalue weighted by atomic mass is 9.97. The number of carbonyl (C=O) groups excluding carboxylic acids is 1. The number of nitrogens with one attached hydrogen (secondary N) is 2. The van der Waals surface area contributed by atoms with Crippen LogP contribution in [-0.4, -0.2) is 41.8 Å². The molecule has 0 fully saturated rings. The van der Waals surface area contributed by atoms with Crippen molar-refractivity contribution < 1.29 is 4.79 Å². The van der Waals surface area contributed by atoms with Crippen molar-refractivity contribution in [3.8, 4) is 22.5 Å². The highest BCUT2D eigenvalue weighted by molar-refractivity contribution is 7.80. The molecule has 9 heteroatoms. The van der Waals surface area contributed by atoms with Gasteiger partial charge in [-0.05, 0) is 58.9 Å². The van der Waals surface area contributed by atoms with Gasteiger partial charge in [0.2, 0.25) is 11.7 Å². The Hall–Kier alpha value is -3.98. The lowest BCUT2D eigenvalue weighted by Gasteiger charge is -2.18. The number of aromatic nitrogens is 6. The van der Waals surface area contributed by atoms with E-state index in [-0.39, 0.29) is 17.7 Å². The van der Waals surface area contributed by atoms with Gasteiger partial charge in [0.05, 0.1) is 11.0 Å². The summed E-state index contributed by atoms with van der Waals surface area (Å²) in [6, 6.07) is 20.7. The summed E-state index contributed by atoms with van der Waals surface area (Å²) in [5, 5.41) is 17.7. The van der Waals surface area contributed by atoms with E-state index in [0.29, 0.717) is 18.1 Å². The summed E-state index contributed by atoms with van der Waals surface area (Å²) >= 11 is 4.40. The number of rotatable bonds is 10. The van der Waals surface area contributed by atoms with E-state index in [1.165, 1.54) is 5.56 Å². The van der Waals surface area contributed by atoms with Crippen LogP contribution in [0, 0.1) is 18.8 Å². The number of hydrogen-bond acceptors (Lipinski definition) is 6. The first-order valence-electron chi connectivity index (χ1n) is 13.7. The van der Waals surface area contributed by atoms with E-state index in [1.54, 1.807) is 0 Å². The van der Waals surface area contributed by atoms with Gasteiger partial charge in [0.15, 0.2) is 0 Å². The average molecular weight is 554 g/mol. The van der Waals surface area contributed by atoms with E-state index in [9.17, 15) is 4.79 Å². The topological polar surface area (TPSA) is 101 Å². The van der Waals surface area contributed by atoms with Gasteiger partial charge in [-0.1, -0.05) is 69.3 Å². The molecule has 206 valence electrons. The monoisotopic (exact) mass is 553 g/mol. The molecule has 8 nitrogen and oxygen atoms in total. The van der Waals surface area contributed by atoms with Gasteiger partial charge in [-0.2, -0.15) is 17.8 Å². The first kappa shape index (κ1) is 27.6. The van der Waals surface area contributed by atoms with Crippen molar-refractivity contribution in [3.63, 3.8) is 0 Å². The SMILES string of the molecule is CCCc1nc2c(C)cc(NC(=O)C(CS)C(C)C)cc2n1Cc1ccc(-c2ccccc2-c2nn[nH]n2)cc1. The van der Waals surface area contributed by atoms with E-state index in [0.717, 1.165) is 57.6 Å². The zero-order valence-electron chi connectivity index (χ0n) is 23.3. The number of tetrazole rings is 1. The van der Waals surface area contributed by atoms with E-state index in [1.807, 2.05) is 24.3 Å². The molecule has 3 aromatic carbocycles. The molecule has 1 atom stereocenters. The molecule has 0 aliphatic rings. The number of benzene rings is 3. The Bertz CT molecular complexity index is 1610. The number of hydrogen-bond donors (Lipinski definition) is 3. The number of aryl methyl sites for hydroxylation is 2. The summed E-state index contributed by atoms with van der Waals surface area (Å²) < 4.78 is 2.28. The molecule has 5 aromatic rings. The summed E-state index contributed by atoms with van der Waals surface area (Å²) in [5.74, 6) is 2.20. The van der Waals surface area contributed by atoms with Crippen molar-refractivity contribution in [1.29, 1.82) is 0 Å². The lowest BCUT2D eigenvalue weighted by molar-refractivity contribution is -0.120. The summed E-state index contributed by atoms with van der Waals surface area (Å²) in [5.41, 5.74) is 8.06. The van der Waals surface area contributed by atoms with Gasteiger partial charge in [0.1, 0.15) is 5.82 Å². The van der Waals surface area contributed by atoms with E-state index >= 15 is 0 Å². The van der Waals surface area contributed by atoms with Gasteiger partial charge >= 0.3 is 0 Å². The molecule has 0 saturated heterocycles. The van der Waals surface area contributed by atoms with E-state index < -0.39 is 0 Å². The maximum absolute atomic E-state index is 13.0. The molecule has 2 N–H and O–H groups in total. The smallest absolute Gasteiger partial charge is 0.228 e. The summed E-state index contributed by atoms with van der Waals surface area (Å²) in [7, 11) is 0. The van der Waals surface area contributed by atoms with Crippen LogP contribution in [0.5, 0.6) is 0 Å². The first-order valence-corrected chi connectivity index (χ1v) is 14.4. The highest BCUT2D eigenvalue weighted by Gasteiger charge is 2.22. The van der Waals surface area contributed by atoms with Gasteiger partial charge in [0, 0.05) is 35.9 Å². The van der Waals surface area contributed by atoms with E-state index in [4.69, 9.17) is 4.98 Å². The van der Waals surface area contributed by atoms with Gasteiger partial charge in [0.25, 0.3) is 0 Å². The zero-order chi connectivity index (χ0) is 28.2. The number of fused-ring (bicyclic) bond motifs is 1. The molecule has 1 unspecified atom stereocenters. The molecule has 0 saturated carbocycles. The second-order valence-corrected chi connectivity index (χ2v) is 10.9. The van der Waals surface area contributed by atoms with Crippen molar-refractivity contribution in [3.05, 3.63) is 77.6 Å². The van der Waals surface area contributed by atoms with E-state index in [2.05, 4.69) is 107 Å². The molecule has 0 aliphatic carbocycles. The predicted molar refractivity (Wildman–Crippen MR) is 163 cm³/mol. The molecule has 0 spiro atoms. The molecule has 40 heavy (non-hydrogen) atoms. The normalized spacial score (nSPS) is 12.2. The molecule has 1 amide bonds. The van der Waals surface area contributed by atoms with Gasteiger partial charge in [-0.3, -0.25) is 4.79 Å². The third kappa shape index (κ3) is 5.65. The Morgan fingerprint density at radius 1 is 1.07 bits per heavy atom. The minimum Gasteiger partial charge on any atom is -0.326 e. The van der Waals surface area contributed by atoms with Crippen LogP contribution in [0.25, 0.3) is 33.5 Å². The molecular formula is C31H35N7OS. The Balaban J connectivity index is 1.47. The van der Waals surface area contributed by atoms with Crippen LogP contribution in [0.1, 0.15) is 44.1 Å². The number of aromatic amines is 1. The Labute approximate surface area is 240 Å². The predicted octanol–water partition coefficient (Wildman–Crippen LogP) is 6.33. The number of thiol groups is 1. The highest BCUT2D eigenvalue weighted by Crippen LogP contribution is 2.31. The second kappa shape index (κ2) is 12.0. The Morgan fingerprint density at radius 3 is 2.48 bits per heavy atom. The quantitative estimate of drug-likeness (QED) is 0.175. The van der Waals surface area contributed by atoms with Gasteiger partial charge in [-0.25, -0.2) is 4.98 Å². The Kier molecular flexibility index (Phi) is 8.30. The molecular weight excluding hydrogens is 518 g/mol. The number of H-pyrrole nitrogens is 1. The number of amides is 1. The maximum atomic E-state index is 13.0. The van der Waals surface area contributed by atoms with Crippen LogP contribution >= 0.6 is 12.6 Å². The summed E-state index contributed by atoms with van der Waals surface area (Å²) in [6.45, 7) is 9.01. The second-order valence-electron chi connectivity index (χ2n) is 10.5. The van der Waals surface area contributed by atoms with Gasteiger partial charge < -0.3 is 9.88 Å². The highest BCUT2D eigenvalue weighted by atomic mass is 32.1. The number of nitrogens with zero attached hydrogens (tertiary/aromatic N) is 5. The van der Waals surface area contributed by atoms with Crippen molar-refractivity contribution >= 4 is 35.3 Å². The summed E-state index contributed by atoms with van der Waals surface area (Å²) in [6.07, 6.45) is 1.87. The van der Waals surface area contributed by atoms with Crippen molar-refractivity contribution in [2.24, 2.45) is 11.8 Å². The zero-order valence-corrected chi connectivity index (χ0v) is 24.2. The molecule has 5 rings (SSSR count). The fourth-order valence-corrected chi connectivity index (χ4v) is 5.70. The third-order valence-electron chi connectivity index (χ3n) is 7.32. The van der Waals surface area contributed by atoms with Crippen LogP contribution in [-0.2, 0) is 17.8 Å². The lowest BCUT2D eigenvalue weighted by Crippen LogP contribution is -2.28. The number of anilines is 1. The fraction of sp³-hybridized carbons (Fsp3) is 0.323. The fourth-order valence-electron chi connectivity index (χ4n) is 5.11. The number of carbonyl (C=O) groups is 1. The molecule has 0 radical (unpaired) electrons. The molecule has 2 heterocycles. The number of imidazole rings is 1. The maximum Gasteiger partial charge on any atom is 0.228 e. The van der Waals surface area contributed by atoms with Crippen LogP contribution in [0.3, 0.4) is 0 Å². The van der Waals surface area contributed by atoms with Crippen LogP contribution < -0.4 is 5.32 Å². The minimum atomic E-state index is -0.149. The standard InChI is InChI=1S/C31H35N7OS/c1-5-8-28-33-29-20(4)15-23(32-31(39)26(18-40)19(2)3)16-27(29)38(28)17-21-11-13-22(14-12-21)24-9-6-7-10-25(24)30-34-36-37-35-30/h6-7,9-16,19,26,40H,5,8,17-18H2,1-4H3,(H,32,39)(H,34,35,36,37). The van der Waals surface area contributed by atoms with Crippen LogP contribution in [0.4, 0.5) is 5.69 Å². The minimum absolute atomic E-state index is 0.000266. The summed E-state index contributed by atoms with van der Waals surface area (Å²) in [4.78, 5) is 18.0. The Morgan fingerprint density at radius 2 is 1.82 bits per heavy atom.